The number of hydrogen-bond acceptors (Lipinski definition) is 7. The molecule has 0 radical (unpaired) electrons. The van der Waals surface area contributed by atoms with E-state index in [0.29, 0.717) is 22.6 Å². The number of fused-ring (bicyclic) bond motifs is 1. The zero-order chi connectivity index (χ0) is 29.5. The molecular formula is C28H29N3O7S2. The average molecular weight is 584 g/mol. The van der Waals surface area contributed by atoms with E-state index in [1.165, 1.54) is 84.9 Å². The highest BCUT2D eigenvalue weighted by molar-refractivity contribution is 7.93. The zero-order valence-corrected chi connectivity index (χ0v) is 24.2. The number of anilines is 3. The van der Waals surface area contributed by atoms with Crippen molar-refractivity contribution in [3.05, 3.63) is 78.4 Å². The number of amides is 2. The molecule has 0 spiro atoms. The van der Waals surface area contributed by atoms with Gasteiger partial charge in [0.2, 0.25) is 11.8 Å². The Balaban J connectivity index is 1.68. The molecule has 0 saturated carbocycles. The lowest BCUT2D eigenvalue weighted by Crippen LogP contribution is -2.48. The van der Waals surface area contributed by atoms with E-state index in [-0.39, 0.29) is 27.4 Å². The van der Waals surface area contributed by atoms with Gasteiger partial charge in [0.15, 0.2) is 0 Å². The summed E-state index contributed by atoms with van der Waals surface area (Å²) >= 11 is 0. The normalized spacial score (nSPS) is 14.5. The molecule has 1 heterocycles. The van der Waals surface area contributed by atoms with Crippen LogP contribution in [0.3, 0.4) is 0 Å². The van der Waals surface area contributed by atoms with Gasteiger partial charge in [0, 0.05) is 30.8 Å². The maximum Gasteiger partial charge on any atom is 0.339 e. The Bertz CT molecular complexity index is 1730. The molecule has 0 unspecified atom stereocenters. The Morgan fingerprint density at radius 2 is 1.27 bits per heavy atom. The van der Waals surface area contributed by atoms with Gasteiger partial charge in [-0.3, -0.25) is 13.9 Å². The molecule has 210 valence electrons. The Morgan fingerprint density at radius 1 is 0.775 bits per heavy atom. The summed E-state index contributed by atoms with van der Waals surface area (Å²) < 4.78 is 60.2. The molecule has 12 heteroatoms. The van der Waals surface area contributed by atoms with Crippen LogP contribution >= 0.6 is 0 Å². The molecule has 3 aromatic carbocycles. The average Bonchev–Trinajstić information content (AvgIpc) is 2.83. The molecule has 0 atom stereocenters. The van der Waals surface area contributed by atoms with Crippen LogP contribution < -0.4 is 19.1 Å². The van der Waals surface area contributed by atoms with Crippen LogP contribution in [0.1, 0.15) is 40.2 Å². The van der Waals surface area contributed by atoms with E-state index < -0.39 is 25.7 Å². The molecule has 0 aliphatic carbocycles. The Labute approximate surface area is 233 Å². The lowest BCUT2D eigenvalue weighted by molar-refractivity contribution is -0.115. The monoisotopic (exact) mass is 583 g/mol. The maximum atomic E-state index is 13.9. The number of benzene rings is 3. The van der Waals surface area contributed by atoms with Gasteiger partial charge in [-0.2, -0.15) is 8.42 Å². The molecule has 1 aliphatic heterocycles. The van der Waals surface area contributed by atoms with Gasteiger partial charge in [0.25, 0.3) is 10.0 Å². The quantitative estimate of drug-likeness (QED) is 0.382. The van der Waals surface area contributed by atoms with E-state index in [2.05, 4.69) is 10.6 Å². The van der Waals surface area contributed by atoms with Crippen molar-refractivity contribution >= 4 is 54.6 Å². The van der Waals surface area contributed by atoms with Crippen LogP contribution in [0.25, 0.3) is 5.57 Å². The number of nitrogens with one attached hydrogen (secondary N) is 2. The number of carbonyl (C=O) groups excluding carboxylic acids is 2. The van der Waals surface area contributed by atoms with Gasteiger partial charge in [-0.05, 0) is 93.1 Å². The fraction of sp³-hybridized carbons (Fsp3) is 0.214. The van der Waals surface area contributed by atoms with E-state index in [1.807, 2.05) is 6.92 Å². The first-order chi connectivity index (χ1) is 18.6. The van der Waals surface area contributed by atoms with Gasteiger partial charge in [0.1, 0.15) is 10.6 Å². The minimum Gasteiger partial charge on any atom is -0.379 e. The number of sulfonamides is 1. The van der Waals surface area contributed by atoms with E-state index in [0.717, 1.165) is 5.57 Å². The lowest BCUT2D eigenvalue weighted by Gasteiger charge is -2.42. The molecule has 2 N–H and O–H groups in total. The first-order valence-corrected chi connectivity index (χ1v) is 15.0. The molecular weight excluding hydrogens is 554 g/mol. The smallest absolute Gasteiger partial charge is 0.339 e. The molecule has 1 aliphatic rings. The molecule has 0 saturated heterocycles. The first kappa shape index (κ1) is 28.8. The molecule has 3 aromatic rings. The molecule has 40 heavy (non-hydrogen) atoms. The predicted molar refractivity (Wildman–Crippen MR) is 153 cm³/mol. The minimum atomic E-state index is -4.22. The molecule has 10 nitrogen and oxygen atoms in total. The van der Waals surface area contributed by atoms with E-state index in [1.54, 1.807) is 19.9 Å². The third-order valence-corrected chi connectivity index (χ3v) is 9.36. The van der Waals surface area contributed by atoms with Crippen LogP contribution in [-0.2, 0) is 29.7 Å². The summed E-state index contributed by atoms with van der Waals surface area (Å²) in [5.74, 6) is -0.552. The van der Waals surface area contributed by atoms with Crippen molar-refractivity contribution in [2.45, 2.75) is 49.9 Å². The van der Waals surface area contributed by atoms with E-state index >= 15 is 0 Å². The molecule has 0 bridgehead atoms. The summed E-state index contributed by atoms with van der Waals surface area (Å²) in [4.78, 5) is 22.5. The van der Waals surface area contributed by atoms with Crippen LogP contribution in [0.5, 0.6) is 5.75 Å². The Hall–Kier alpha value is -4.16. The highest BCUT2D eigenvalue weighted by Crippen LogP contribution is 2.44. The van der Waals surface area contributed by atoms with Crippen LogP contribution in [0.4, 0.5) is 17.1 Å². The van der Waals surface area contributed by atoms with Gasteiger partial charge in [-0.15, -0.1) is 0 Å². The van der Waals surface area contributed by atoms with Gasteiger partial charge in [0.05, 0.1) is 16.1 Å². The maximum absolute atomic E-state index is 13.9. The highest BCUT2D eigenvalue weighted by Gasteiger charge is 2.40. The van der Waals surface area contributed by atoms with Crippen LogP contribution in [-0.4, -0.2) is 34.2 Å². The van der Waals surface area contributed by atoms with Crippen LogP contribution in [0, 0.1) is 0 Å². The van der Waals surface area contributed by atoms with Crippen molar-refractivity contribution in [2.24, 2.45) is 0 Å². The largest absolute Gasteiger partial charge is 0.379 e. The lowest BCUT2D eigenvalue weighted by atomic mass is 9.91. The summed E-state index contributed by atoms with van der Waals surface area (Å²) in [6, 6.07) is 15.8. The van der Waals surface area contributed by atoms with Crippen LogP contribution in [0.15, 0.2) is 82.6 Å². The van der Waals surface area contributed by atoms with Crippen molar-refractivity contribution in [3.8, 4) is 5.75 Å². The zero-order valence-electron chi connectivity index (χ0n) is 22.5. The van der Waals surface area contributed by atoms with Gasteiger partial charge in [-0.1, -0.05) is 6.08 Å². The van der Waals surface area contributed by atoms with Crippen LogP contribution in [0.2, 0.25) is 0 Å². The standard InChI is InChI=1S/C28H29N3O7S2/c1-18-17-28(4,5)31(39(34,35)24-11-6-21(7-12-24)29-19(2)32)27-15-10-23(16-26(18)27)38-40(36,37)25-13-8-22(9-14-25)30-20(3)33/h6-17H,1-5H3,(H,29,32)(H,30,33). The highest BCUT2D eigenvalue weighted by atomic mass is 32.2. The third kappa shape index (κ3) is 5.87. The summed E-state index contributed by atoms with van der Waals surface area (Å²) in [5.41, 5.74) is 1.56. The fourth-order valence-corrected chi connectivity index (χ4v) is 7.28. The van der Waals surface area contributed by atoms with Crippen molar-refractivity contribution in [1.29, 1.82) is 0 Å². The molecule has 2 amide bonds. The summed E-state index contributed by atoms with van der Waals surface area (Å²) in [7, 11) is -8.29. The number of nitrogens with zero attached hydrogens (tertiary/aromatic N) is 1. The topological polar surface area (TPSA) is 139 Å². The Kier molecular flexibility index (Phi) is 7.52. The van der Waals surface area contributed by atoms with Gasteiger partial charge in [-0.25, -0.2) is 8.42 Å². The summed E-state index contributed by atoms with van der Waals surface area (Å²) in [6.45, 7) is 8.05. The number of allylic oxidation sites excluding steroid dienone is 1. The number of rotatable bonds is 7. The molecule has 0 fully saturated rings. The number of carbonyl (C=O) groups is 2. The summed E-state index contributed by atoms with van der Waals surface area (Å²) in [6.07, 6.45) is 1.79. The molecule has 0 aromatic heterocycles. The fourth-order valence-electron chi connectivity index (χ4n) is 4.58. The van der Waals surface area contributed by atoms with Crippen molar-refractivity contribution in [2.75, 3.05) is 14.9 Å². The predicted octanol–water partition coefficient (Wildman–Crippen LogP) is 4.76. The second kappa shape index (κ2) is 10.4. The molecule has 4 rings (SSSR count). The minimum absolute atomic E-state index is 0.00847. The van der Waals surface area contributed by atoms with Crippen molar-refractivity contribution in [3.63, 3.8) is 0 Å². The van der Waals surface area contributed by atoms with E-state index in [4.69, 9.17) is 4.18 Å². The third-order valence-electron chi connectivity index (χ3n) is 6.09. The second-order valence-corrected chi connectivity index (χ2v) is 13.2. The number of hydrogen-bond donors (Lipinski definition) is 2. The SMILES string of the molecule is CC(=O)Nc1ccc(S(=O)(=O)Oc2ccc3c(c2)C(C)=CC(C)(C)N3S(=O)(=O)c2ccc(NC(C)=O)cc2)cc1. The van der Waals surface area contributed by atoms with Gasteiger partial charge >= 0.3 is 10.1 Å². The second-order valence-electron chi connectivity index (χ2n) is 9.88. The summed E-state index contributed by atoms with van der Waals surface area (Å²) in [5, 5.41) is 5.18. The van der Waals surface area contributed by atoms with Crippen molar-refractivity contribution < 1.29 is 30.6 Å². The van der Waals surface area contributed by atoms with Crippen molar-refractivity contribution in [1.82, 2.24) is 0 Å². The van der Waals surface area contributed by atoms with E-state index in [9.17, 15) is 26.4 Å². The Morgan fingerprint density at radius 3 is 1.77 bits per heavy atom. The first-order valence-electron chi connectivity index (χ1n) is 12.2. The van der Waals surface area contributed by atoms with Gasteiger partial charge < -0.3 is 14.8 Å².